The number of hydrogen-bond donors (Lipinski definition) is 2. The predicted molar refractivity (Wildman–Crippen MR) is 53.6 cm³/mol. The summed E-state index contributed by atoms with van der Waals surface area (Å²) in [5.41, 5.74) is 8.19. The summed E-state index contributed by atoms with van der Waals surface area (Å²) in [5, 5.41) is 3.87. The van der Waals surface area contributed by atoms with Crippen molar-refractivity contribution in [3.05, 3.63) is 12.4 Å². The second kappa shape index (κ2) is 4.80. The van der Waals surface area contributed by atoms with Crippen LogP contribution in [0.5, 0.6) is 0 Å². The van der Waals surface area contributed by atoms with Crippen molar-refractivity contribution in [2.75, 3.05) is 0 Å². The first-order valence-corrected chi connectivity index (χ1v) is 4.14. The highest BCUT2D eigenvalue weighted by atomic mass is 15.3. The van der Waals surface area contributed by atoms with Crippen molar-refractivity contribution in [1.82, 2.24) is 5.43 Å². The molecule has 0 saturated carbocycles. The van der Waals surface area contributed by atoms with Crippen LogP contribution in [-0.2, 0) is 0 Å². The molecule has 70 valence electrons. The Morgan fingerprint density at radius 3 is 2.58 bits per heavy atom. The third-order valence-electron chi connectivity index (χ3n) is 1.32. The lowest BCUT2D eigenvalue weighted by Gasteiger charge is -2.15. The highest BCUT2D eigenvalue weighted by molar-refractivity contribution is 5.56. The van der Waals surface area contributed by atoms with E-state index in [-0.39, 0.29) is 0 Å². The first-order chi connectivity index (χ1) is 5.42. The van der Waals surface area contributed by atoms with Crippen molar-refractivity contribution in [3.63, 3.8) is 0 Å². The van der Waals surface area contributed by atoms with E-state index in [2.05, 4.69) is 37.9 Å². The van der Waals surface area contributed by atoms with Crippen LogP contribution in [0.2, 0.25) is 0 Å². The van der Waals surface area contributed by atoms with Gasteiger partial charge in [-0.05, 0) is 18.3 Å². The van der Waals surface area contributed by atoms with Gasteiger partial charge in [-0.15, -0.1) is 0 Å². The molecule has 3 nitrogen and oxygen atoms in total. The maximum Gasteiger partial charge on any atom is 0.109 e. The number of rotatable bonds is 4. The third-order valence-corrected chi connectivity index (χ3v) is 1.32. The number of hydrogen-bond acceptors (Lipinski definition) is 3. The molecule has 0 rings (SSSR count). The molecule has 0 unspecified atom stereocenters. The molecule has 0 spiro atoms. The average Bonchev–Trinajstić information content (AvgIpc) is 1.83. The summed E-state index contributed by atoms with van der Waals surface area (Å²) in [6, 6.07) is 0. The van der Waals surface area contributed by atoms with Crippen LogP contribution in [-0.4, -0.2) is 6.21 Å². The van der Waals surface area contributed by atoms with Gasteiger partial charge in [-0.2, -0.15) is 5.10 Å². The zero-order chi connectivity index (χ0) is 9.61. The van der Waals surface area contributed by atoms with E-state index in [1.54, 1.807) is 0 Å². The van der Waals surface area contributed by atoms with Gasteiger partial charge in [0.2, 0.25) is 0 Å². The van der Waals surface area contributed by atoms with Crippen LogP contribution >= 0.6 is 0 Å². The molecule has 0 saturated heterocycles. The third kappa shape index (κ3) is 9.01. The van der Waals surface area contributed by atoms with Gasteiger partial charge in [-0.3, -0.25) is 5.43 Å². The molecule has 0 radical (unpaired) electrons. The van der Waals surface area contributed by atoms with Crippen molar-refractivity contribution in [3.8, 4) is 0 Å². The molecule has 0 aromatic heterocycles. The van der Waals surface area contributed by atoms with Gasteiger partial charge < -0.3 is 5.73 Å². The molecule has 0 bridgehead atoms. The van der Waals surface area contributed by atoms with Gasteiger partial charge >= 0.3 is 0 Å². The second-order valence-corrected chi connectivity index (χ2v) is 4.05. The van der Waals surface area contributed by atoms with E-state index >= 15 is 0 Å². The van der Waals surface area contributed by atoms with Crippen molar-refractivity contribution >= 4 is 6.21 Å². The quantitative estimate of drug-likeness (QED) is 0.498. The topological polar surface area (TPSA) is 50.4 Å². The van der Waals surface area contributed by atoms with Crippen LogP contribution in [0.25, 0.3) is 0 Å². The minimum atomic E-state index is 0.367. The van der Waals surface area contributed by atoms with Crippen LogP contribution in [0, 0.1) is 5.41 Å². The van der Waals surface area contributed by atoms with E-state index in [1.165, 1.54) is 0 Å². The van der Waals surface area contributed by atoms with Crippen LogP contribution in [0.4, 0.5) is 0 Å². The van der Waals surface area contributed by atoms with Crippen LogP contribution in [0.1, 0.15) is 33.6 Å². The van der Waals surface area contributed by atoms with Crippen molar-refractivity contribution in [1.29, 1.82) is 0 Å². The van der Waals surface area contributed by atoms with Gasteiger partial charge in [0.1, 0.15) is 5.82 Å². The Kier molecular flexibility index (Phi) is 4.40. The summed E-state index contributed by atoms with van der Waals surface area (Å²) in [7, 11) is 0. The molecule has 3 N–H and O–H groups in total. The molecule has 0 aromatic rings. The maximum atomic E-state index is 5.24. The van der Waals surface area contributed by atoms with Gasteiger partial charge in [0.15, 0.2) is 0 Å². The molecule has 0 aromatic carbocycles. The lowest BCUT2D eigenvalue weighted by atomic mass is 9.91. The minimum absolute atomic E-state index is 0.367. The largest absolute Gasteiger partial charge is 0.385 e. The predicted octanol–water partition coefficient (Wildman–Crippen LogP) is 1.82. The van der Waals surface area contributed by atoms with Gasteiger partial charge in [-0.1, -0.05) is 27.4 Å². The summed E-state index contributed by atoms with van der Waals surface area (Å²) in [6.45, 7) is 10.1. The molecule has 0 fully saturated rings. The highest BCUT2D eigenvalue weighted by Gasteiger charge is 2.07. The molecule has 0 aliphatic carbocycles. The fourth-order valence-corrected chi connectivity index (χ4v) is 0.691. The van der Waals surface area contributed by atoms with Crippen molar-refractivity contribution in [2.24, 2.45) is 16.3 Å². The Hall–Kier alpha value is -0.990. The zero-order valence-corrected chi connectivity index (χ0v) is 8.22. The van der Waals surface area contributed by atoms with Gasteiger partial charge in [-0.25, -0.2) is 0 Å². The number of nitrogens with two attached hydrogens (primary N) is 1. The molecule has 0 heterocycles. The highest BCUT2D eigenvalue weighted by Crippen LogP contribution is 2.19. The Bertz CT molecular complexity index is 165. The fraction of sp³-hybridized carbons (Fsp3) is 0.667. The summed E-state index contributed by atoms with van der Waals surface area (Å²) < 4.78 is 0. The molecule has 0 aliphatic heterocycles. The summed E-state index contributed by atoms with van der Waals surface area (Å²) >= 11 is 0. The van der Waals surface area contributed by atoms with E-state index in [4.69, 9.17) is 5.73 Å². The molecular weight excluding hydrogens is 150 g/mol. The Morgan fingerprint density at radius 2 is 2.17 bits per heavy atom. The number of nitrogens with one attached hydrogen (secondary N) is 1. The smallest absolute Gasteiger partial charge is 0.109 e. The van der Waals surface area contributed by atoms with Crippen molar-refractivity contribution in [2.45, 2.75) is 33.6 Å². The summed E-state index contributed by atoms with van der Waals surface area (Å²) in [6.07, 6.45) is 3.91. The Balaban J connectivity index is 3.43. The molecule has 3 heteroatoms. The number of nitrogens with zero attached hydrogens (tertiary/aromatic N) is 1. The summed E-state index contributed by atoms with van der Waals surface area (Å²) in [4.78, 5) is 0. The maximum absolute atomic E-state index is 5.24. The molecule has 0 atom stereocenters. The first-order valence-electron chi connectivity index (χ1n) is 4.14. The fourth-order valence-electron chi connectivity index (χ4n) is 0.691. The van der Waals surface area contributed by atoms with Gasteiger partial charge in [0.05, 0.1) is 0 Å². The van der Waals surface area contributed by atoms with Gasteiger partial charge in [0.25, 0.3) is 0 Å². The lowest BCUT2D eigenvalue weighted by molar-refractivity contribution is 0.387. The van der Waals surface area contributed by atoms with Crippen molar-refractivity contribution < 1.29 is 0 Å². The molecule has 0 amide bonds. The average molecular weight is 169 g/mol. The standard InChI is InChI=1S/C9H19N3/c1-8(10)12-11-7-5-6-9(2,3)4/h7,12H,1,5-6,10H2,2-4H3/b11-7+. The van der Waals surface area contributed by atoms with E-state index in [0.717, 1.165) is 12.8 Å². The number of hydrazone groups is 1. The lowest BCUT2D eigenvalue weighted by Crippen LogP contribution is -2.12. The van der Waals surface area contributed by atoms with Crippen LogP contribution < -0.4 is 11.2 Å². The normalized spacial score (nSPS) is 11.9. The first kappa shape index (κ1) is 11.0. The molecule has 0 aliphatic rings. The zero-order valence-electron chi connectivity index (χ0n) is 8.22. The van der Waals surface area contributed by atoms with Gasteiger partial charge in [0, 0.05) is 6.21 Å². The van der Waals surface area contributed by atoms with E-state index in [9.17, 15) is 0 Å². The van der Waals surface area contributed by atoms with Crippen LogP contribution in [0.3, 0.4) is 0 Å². The van der Waals surface area contributed by atoms with Crippen LogP contribution in [0.15, 0.2) is 17.5 Å². The SMILES string of the molecule is C=C(N)N/N=C/CCC(C)(C)C. The molecular formula is C9H19N3. The minimum Gasteiger partial charge on any atom is -0.385 e. The second-order valence-electron chi connectivity index (χ2n) is 4.05. The Labute approximate surface area is 74.7 Å². The van der Waals surface area contributed by atoms with E-state index in [1.807, 2.05) is 6.21 Å². The monoisotopic (exact) mass is 169 g/mol. The molecule has 12 heavy (non-hydrogen) atoms. The van der Waals surface area contributed by atoms with E-state index < -0.39 is 0 Å². The Morgan fingerprint density at radius 1 is 1.58 bits per heavy atom. The van der Waals surface area contributed by atoms with E-state index in [0.29, 0.717) is 11.2 Å². The summed E-state index contributed by atoms with van der Waals surface area (Å²) in [5.74, 6) is 0.377.